The standard InChI is InChI=1S/C27H34ClN5O.2C2HF3O2/c1-19-7-6-8-22(17-19)29-27(34)25-23-13-14-24(32-15-4-2-3-5-16-32)30-26(23)33(31-25)18-20-9-11-21(28)12-10-20;2*3-2(4,5)1(6)7/h9-14,19,22H,2-8,15-18H2,1H3,(H,29,34);2*(H,6,7). The summed E-state index contributed by atoms with van der Waals surface area (Å²) < 4.78 is 65.3. The number of pyridine rings is 1. The molecular formula is C31H36ClF6N5O5. The van der Waals surface area contributed by atoms with E-state index >= 15 is 0 Å². The molecule has 5 rings (SSSR count). The molecule has 17 heteroatoms. The van der Waals surface area contributed by atoms with Crippen molar-refractivity contribution >= 4 is 46.3 Å². The Balaban J connectivity index is 0.000000376. The molecule has 10 nitrogen and oxygen atoms in total. The zero-order chi connectivity index (χ0) is 35.6. The normalized spacial score (nSPS) is 18.5. The number of nitrogens with one attached hydrogen (secondary N) is 1. The minimum atomic E-state index is -5.08. The fraction of sp³-hybridized carbons (Fsp3) is 0.516. The van der Waals surface area contributed by atoms with Crippen LogP contribution in [0.4, 0.5) is 32.2 Å². The van der Waals surface area contributed by atoms with E-state index in [-0.39, 0.29) is 11.9 Å². The SMILES string of the molecule is CC1CCCC(NC(=O)c2nn(Cc3ccc(Cl)cc3)c3nc(N4CCCCCC4)ccc23)C1.O=C(O)C(F)(F)F.O=C(O)C(F)(F)F. The van der Waals surface area contributed by atoms with Crippen LogP contribution < -0.4 is 10.2 Å². The molecule has 2 fully saturated rings. The average molecular weight is 708 g/mol. The predicted octanol–water partition coefficient (Wildman–Crippen LogP) is 7.09. The number of rotatable bonds is 5. The Hall–Kier alpha value is -4.08. The van der Waals surface area contributed by atoms with E-state index in [0.717, 1.165) is 48.3 Å². The topological polar surface area (TPSA) is 138 Å². The Morgan fingerprint density at radius 3 is 1.96 bits per heavy atom. The fourth-order valence-corrected chi connectivity index (χ4v) is 5.50. The van der Waals surface area contributed by atoms with Crippen LogP contribution in [0.15, 0.2) is 36.4 Å². The van der Waals surface area contributed by atoms with E-state index in [1.54, 1.807) is 0 Å². The maximum absolute atomic E-state index is 13.3. The van der Waals surface area contributed by atoms with Crippen LogP contribution in [-0.2, 0) is 16.1 Å². The minimum absolute atomic E-state index is 0.0942. The van der Waals surface area contributed by atoms with Gasteiger partial charge in [0.25, 0.3) is 5.91 Å². The molecule has 1 saturated carbocycles. The van der Waals surface area contributed by atoms with Gasteiger partial charge in [-0.25, -0.2) is 19.3 Å². The summed E-state index contributed by atoms with van der Waals surface area (Å²) >= 11 is 6.09. The van der Waals surface area contributed by atoms with Gasteiger partial charge in [-0.05, 0) is 61.4 Å². The van der Waals surface area contributed by atoms with E-state index in [2.05, 4.69) is 23.2 Å². The summed E-state index contributed by atoms with van der Waals surface area (Å²) in [6, 6.07) is 12.1. The van der Waals surface area contributed by atoms with Crippen molar-refractivity contribution in [3.8, 4) is 0 Å². The number of aliphatic carboxylic acids is 2. The lowest BCUT2D eigenvalue weighted by atomic mass is 9.87. The van der Waals surface area contributed by atoms with Crippen LogP contribution >= 0.6 is 11.6 Å². The number of amides is 1. The first-order chi connectivity index (χ1) is 22.5. The van der Waals surface area contributed by atoms with Crippen molar-refractivity contribution < 1.29 is 50.9 Å². The van der Waals surface area contributed by atoms with Gasteiger partial charge in [0.2, 0.25) is 0 Å². The van der Waals surface area contributed by atoms with E-state index in [4.69, 9.17) is 41.5 Å². The van der Waals surface area contributed by atoms with Crippen molar-refractivity contribution in [1.29, 1.82) is 0 Å². The molecule has 2 aromatic heterocycles. The van der Waals surface area contributed by atoms with E-state index in [0.29, 0.717) is 23.2 Å². The lowest BCUT2D eigenvalue weighted by Gasteiger charge is -2.27. The lowest BCUT2D eigenvalue weighted by molar-refractivity contribution is -0.193. The molecule has 0 spiro atoms. The van der Waals surface area contributed by atoms with Crippen LogP contribution in [0.3, 0.4) is 0 Å². The number of carbonyl (C=O) groups is 3. The van der Waals surface area contributed by atoms with Crippen LogP contribution in [0, 0.1) is 5.92 Å². The largest absolute Gasteiger partial charge is 0.490 e. The van der Waals surface area contributed by atoms with Crippen molar-refractivity contribution in [1.82, 2.24) is 20.1 Å². The summed E-state index contributed by atoms with van der Waals surface area (Å²) in [6.07, 6.45) is -0.751. The van der Waals surface area contributed by atoms with Gasteiger partial charge in [-0.15, -0.1) is 0 Å². The predicted molar refractivity (Wildman–Crippen MR) is 165 cm³/mol. The van der Waals surface area contributed by atoms with Crippen LogP contribution in [-0.4, -0.2) is 74.3 Å². The van der Waals surface area contributed by atoms with Crippen LogP contribution in [0.5, 0.6) is 0 Å². The molecule has 1 saturated heterocycles. The molecule has 3 heterocycles. The number of alkyl halides is 6. The summed E-state index contributed by atoms with van der Waals surface area (Å²) in [5.74, 6) is -3.99. The highest BCUT2D eigenvalue weighted by Gasteiger charge is 2.39. The number of hydrogen-bond acceptors (Lipinski definition) is 6. The third-order valence-electron chi connectivity index (χ3n) is 7.73. The first kappa shape index (κ1) is 38.4. The molecule has 3 N–H and O–H groups in total. The maximum Gasteiger partial charge on any atom is 0.490 e. The molecule has 3 aromatic rings. The molecule has 48 heavy (non-hydrogen) atoms. The average Bonchev–Trinajstić information content (AvgIpc) is 3.15. The number of carboxylic acid groups (broad SMARTS) is 2. The number of nitrogens with zero attached hydrogens (tertiary/aromatic N) is 4. The number of hydrogen-bond donors (Lipinski definition) is 3. The van der Waals surface area contributed by atoms with Crippen LogP contribution in [0.25, 0.3) is 11.0 Å². The van der Waals surface area contributed by atoms with Gasteiger partial charge < -0.3 is 20.4 Å². The zero-order valence-corrected chi connectivity index (χ0v) is 26.7. The van der Waals surface area contributed by atoms with E-state index in [1.165, 1.54) is 38.5 Å². The van der Waals surface area contributed by atoms with Crippen LogP contribution in [0.1, 0.15) is 74.3 Å². The molecule has 0 radical (unpaired) electrons. The number of fused-ring (bicyclic) bond motifs is 1. The third kappa shape index (κ3) is 11.6. The molecule has 2 atom stereocenters. The second-order valence-corrected chi connectivity index (χ2v) is 12.1. The highest BCUT2D eigenvalue weighted by Crippen LogP contribution is 2.27. The number of carbonyl (C=O) groups excluding carboxylic acids is 1. The number of anilines is 1. The molecule has 1 aromatic carbocycles. The van der Waals surface area contributed by atoms with Gasteiger partial charge in [0.15, 0.2) is 11.3 Å². The summed E-state index contributed by atoms with van der Waals surface area (Å²) in [5, 5.41) is 23.8. The van der Waals surface area contributed by atoms with Crippen molar-refractivity contribution in [3.05, 3.63) is 52.7 Å². The van der Waals surface area contributed by atoms with E-state index < -0.39 is 24.3 Å². The molecule has 2 aliphatic rings. The molecule has 264 valence electrons. The monoisotopic (exact) mass is 707 g/mol. The number of halogens is 7. The lowest BCUT2D eigenvalue weighted by Crippen LogP contribution is -2.38. The maximum atomic E-state index is 13.3. The van der Waals surface area contributed by atoms with Crippen LogP contribution in [0.2, 0.25) is 5.02 Å². The van der Waals surface area contributed by atoms with Gasteiger partial charge in [-0.2, -0.15) is 31.4 Å². The Labute approximate surface area is 277 Å². The second kappa shape index (κ2) is 16.8. The van der Waals surface area contributed by atoms with Gasteiger partial charge in [0.1, 0.15) is 5.82 Å². The Kier molecular flexibility index (Phi) is 13.5. The summed E-state index contributed by atoms with van der Waals surface area (Å²) in [7, 11) is 0. The highest BCUT2D eigenvalue weighted by molar-refractivity contribution is 6.30. The third-order valence-corrected chi connectivity index (χ3v) is 7.98. The number of carboxylic acids is 2. The summed E-state index contributed by atoms with van der Waals surface area (Å²) in [4.78, 5) is 38.5. The first-order valence-electron chi connectivity index (χ1n) is 15.2. The quantitative estimate of drug-likeness (QED) is 0.239. The Morgan fingerprint density at radius 1 is 0.875 bits per heavy atom. The zero-order valence-electron chi connectivity index (χ0n) is 26.0. The summed E-state index contributed by atoms with van der Waals surface area (Å²) in [5.41, 5.74) is 2.31. The van der Waals surface area contributed by atoms with E-state index in [1.807, 2.05) is 35.0 Å². The number of benzene rings is 1. The second-order valence-electron chi connectivity index (χ2n) is 11.6. The molecule has 0 bridgehead atoms. The molecular weight excluding hydrogens is 672 g/mol. The first-order valence-corrected chi connectivity index (χ1v) is 15.6. The molecule has 1 aliphatic carbocycles. The Morgan fingerprint density at radius 2 is 1.44 bits per heavy atom. The Bertz CT molecular complexity index is 1520. The van der Waals surface area contributed by atoms with Crippen molar-refractivity contribution in [2.45, 2.75) is 83.2 Å². The molecule has 2 unspecified atom stereocenters. The van der Waals surface area contributed by atoms with Crippen molar-refractivity contribution in [3.63, 3.8) is 0 Å². The summed E-state index contributed by atoms with van der Waals surface area (Å²) in [6.45, 7) is 4.86. The molecule has 1 amide bonds. The van der Waals surface area contributed by atoms with Gasteiger partial charge >= 0.3 is 24.3 Å². The van der Waals surface area contributed by atoms with Gasteiger partial charge in [0.05, 0.1) is 11.9 Å². The van der Waals surface area contributed by atoms with Gasteiger partial charge in [-0.3, -0.25) is 4.79 Å². The smallest absolute Gasteiger partial charge is 0.475 e. The van der Waals surface area contributed by atoms with E-state index in [9.17, 15) is 31.1 Å². The molecule has 1 aliphatic heterocycles. The fourth-order valence-electron chi connectivity index (χ4n) is 5.38. The van der Waals surface area contributed by atoms with Crippen molar-refractivity contribution in [2.75, 3.05) is 18.0 Å². The van der Waals surface area contributed by atoms with Gasteiger partial charge in [0, 0.05) is 24.2 Å². The van der Waals surface area contributed by atoms with Gasteiger partial charge in [-0.1, -0.05) is 56.3 Å². The number of aromatic nitrogens is 3. The highest BCUT2D eigenvalue weighted by atomic mass is 35.5. The van der Waals surface area contributed by atoms with Crippen molar-refractivity contribution in [2.24, 2.45) is 5.92 Å². The minimum Gasteiger partial charge on any atom is -0.475 e.